The Balaban J connectivity index is 1.65. The lowest BCUT2D eigenvalue weighted by Gasteiger charge is -2.47. The van der Waals surface area contributed by atoms with E-state index in [1.165, 1.54) is 11.3 Å². The molecule has 6 nitrogen and oxygen atoms in total. The number of nitrogens with one attached hydrogen (secondary N) is 1. The zero-order chi connectivity index (χ0) is 26.6. The number of methoxy groups -OCH3 is 1. The molecule has 194 valence electrons. The van der Waals surface area contributed by atoms with Crippen molar-refractivity contribution in [1.29, 1.82) is 0 Å². The molecular weight excluding hydrogens is 462 g/mol. The Hall–Kier alpha value is -3.64. The topological polar surface area (TPSA) is 74.2 Å². The first-order chi connectivity index (χ1) is 17.7. The van der Waals surface area contributed by atoms with Gasteiger partial charge in [0.15, 0.2) is 5.60 Å². The van der Waals surface area contributed by atoms with E-state index in [9.17, 15) is 9.90 Å². The van der Waals surface area contributed by atoms with E-state index in [1.807, 2.05) is 12.1 Å². The van der Waals surface area contributed by atoms with Crippen molar-refractivity contribution in [3.8, 4) is 5.75 Å². The quantitative estimate of drug-likeness (QED) is 0.313. The highest BCUT2D eigenvalue weighted by Gasteiger charge is 2.40. The van der Waals surface area contributed by atoms with Crippen LogP contribution in [0, 0.1) is 0 Å². The van der Waals surface area contributed by atoms with Gasteiger partial charge in [0.05, 0.1) is 13.3 Å². The molecule has 2 N–H and O–H groups in total. The van der Waals surface area contributed by atoms with Crippen molar-refractivity contribution < 1.29 is 14.6 Å². The summed E-state index contributed by atoms with van der Waals surface area (Å²) in [5.41, 5.74) is 4.86. The highest BCUT2D eigenvalue weighted by molar-refractivity contribution is 5.92. The number of carbonyl (C=O) groups excluding carboxylic acids is 1. The maximum atomic E-state index is 13.4. The molecule has 3 aromatic carbocycles. The van der Waals surface area contributed by atoms with Crippen LogP contribution in [-0.2, 0) is 10.4 Å². The number of fused-ring (bicyclic) bond motifs is 1. The van der Waals surface area contributed by atoms with Gasteiger partial charge in [0, 0.05) is 29.4 Å². The number of rotatable bonds is 8. The molecule has 3 aromatic rings. The molecule has 1 atom stereocenters. The first-order valence-corrected chi connectivity index (χ1v) is 12.9. The van der Waals surface area contributed by atoms with E-state index in [0.717, 1.165) is 24.9 Å². The van der Waals surface area contributed by atoms with Crippen LogP contribution in [0.2, 0.25) is 0 Å². The van der Waals surface area contributed by atoms with E-state index in [4.69, 9.17) is 4.74 Å². The second kappa shape index (κ2) is 10.8. The number of carbonyl (C=O) groups is 1. The largest absolute Gasteiger partial charge is 0.496 e. The number of aliphatic hydroxyl groups is 1. The Morgan fingerprint density at radius 2 is 1.73 bits per heavy atom. The maximum Gasteiger partial charge on any atom is 0.281 e. The number of benzene rings is 3. The van der Waals surface area contributed by atoms with Gasteiger partial charge in [0.2, 0.25) is 0 Å². The van der Waals surface area contributed by atoms with Crippen LogP contribution in [0.25, 0.3) is 0 Å². The van der Waals surface area contributed by atoms with Crippen LogP contribution in [0.1, 0.15) is 68.7 Å². The molecular formula is C31H37N3O3. The van der Waals surface area contributed by atoms with Gasteiger partial charge in [0.1, 0.15) is 5.75 Å². The third-order valence-electron chi connectivity index (χ3n) is 7.27. The van der Waals surface area contributed by atoms with Crippen LogP contribution in [-0.4, -0.2) is 36.4 Å². The first kappa shape index (κ1) is 26.4. The van der Waals surface area contributed by atoms with E-state index in [1.54, 1.807) is 61.9 Å². The average Bonchev–Trinajstić information content (AvgIpc) is 2.91. The third-order valence-corrected chi connectivity index (χ3v) is 7.27. The molecule has 6 heteroatoms. The zero-order valence-corrected chi connectivity index (χ0v) is 22.4. The number of hydrogen-bond donors (Lipinski definition) is 2. The second-order valence-corrected chi connectivity index (χ2v) is 10.4. The van der Waals surface area contributed by atoms with Gasteiger partial charge in [-0.15, -0.1) is 0 Å². The summed E-state index contributed by atoms with van der Waals surface area (Å²) in [7, 11) is 1.64. The van der Waals surface area contributed by atoms with E-state index >= 15 is 0 Å². The molecule has 0 aromatic heterocycles. The Morgan fingerprint density at radius 1 is 1.14 bits per heavy atom. The predicted molar refractivity (Wildman–Crippen MR) is 149 cm³/mol. The van der Waals surface area contributed by atoms with E-state index in [-0.39, 0.29) is 5.54 Å². The molecule has 1 aliphatic heterocycles. The van der Waals surface area contributed by atoms with Gasteiger partial charge in [-0.05, 0) is 55.4 Å². The summed E-state index contributed by atoms with van der Waals surface area (Å²) in [6.45, 7) is 10.00. The fraction of sp³-hybridized carbons (Fsp3) is 0.355. The third kappa shape index (κ3) is 5.12. The highest BCUT2D eigenvalue weighted by atomic mass is 16.5. The maximum absolute atomic E-state index is 13.4. The van der Waals surface area contributed by atoms with Crippen molar-refractivity contribution in [3.63, 3.8) is 0 Å². The molecule has 0 aliphatic carbocycles. The second-order valence-electron chi connectivity index (χ2n) is 10.4. The van der Waals surface area contributed by atoms with Crippen LogP contribution in [0.3, 0.4) is 0 Å². The summed E-state index contributed by atoms with van der Waals surface area (Å²) in [6.07, 6.45) is 3.69. The standard InChI is InChI=1S/C31H37N3O3/c1-6-17-34-27-19-28(37-5)23(18-26(27)22(2)20-30(34,3)4)21-32-33-29(35)31(36,24-13-9-7-10-14-24)25-15-11-8-12-16-25/h7-16,18-19,21-22,36H,6,17,20H2,1-5H3,(H,33,35)/b32-21-. The SMILES string of the molecule is CCCN1c2cc(OC)c(/C=N\NC(=O)C(O)(c3ccccc3)c3ccccc3)cc2C(C)CC1(C)C. The van der Waals surface area contributed by atoms with E-state index in [2.05, 4.69) is 55.3 Å². The van der Waals surface area contributed by atoms with Gasteiger partial charge >= 0.3 is 0 Å². The van der Waals surface area contributed by atoms with E-state index in [0.29, 0.717) is 22.8 Å². The smallest absolute Gasteiger partial charge is 0.281 e. The molecule has 1 unspecified atom stereocenters. The van der Waals surface area contributed by atoms with Crippen molar-refractivity contribution in [3.05, 3.63) is 95.1 Å². The lowest BCUT2D eigenvalue weighted by molar-refractivity contribution is -0.136. The van der Waals surface area contributed by atoms with E-state index < -0.39 is 11.5 Å². The minimum absolute atomic E-state index is 0.0519. The number of hydrazone groups is 1. The van der Waals surface area contributed by atoms with Crippen molar-refractivity contribution in [1.82, 2.24) is 5.43 Å². The minimum Gasteiger partial charge on any atom is -0.496 e. The lowest BCUT2D eigenvalue weighted by Crippen LogP contribution is -2.48. The molecule has 0 bridgehead atoms. The lowest BCUT2D eigenvalue weighted by atomic mass is 9.79. The molecule has 37 heavy (non-hydrogen) atoms. The number of ether oxygens (including phenoxy) is 1. The van der Waals surface area contributed by atoms with Gasteiger partial charge in [-0.1, -0.05) is 74.5 Å². The average molecular weight is 500 g/mol. The van der Waals surface area contributed by atoms with Crippen LogP contribution >= 0.6 is 0 Å². The van der Waals surface area contributed by atoms with Gasteiger partial charge in [-0.25, -0.2) is 5.43 Å². The molecule has 0 spiro atoms. The van der Waals surface area contributed by atoms with Crippen LogP contribution in [0.4, 0.5) is 5.69 Å². The Kier molecular flexibility index (Phi) is 7.69. The van der Waals surface area contributed by atoms with Crippen molar-refractivity contribution in [2.24, 2.45) is 5.10 Å². The number of nitrogens with zero attached hydrogens (tertiary/aromatic N) is 2. The van der Waals surface area contributed by atoms with Gasteiger partial charge < -0.3 is 14.7 Å². The Labute approximate surface area is 220 Å². The Morgan fingerprint density at radius 3 is 2.27 bits per heavy atom. The van der Waals surface area contributed by atoms with Gasteiger partial charge in [-0.2, -0.15) is 5.10 Å². The van der Waals surface area contributed by atoms with Gasteiger partial charge in [-0.3, -0.25) is 4.79 Å². The summed E-state index contributed by atoms with van der Waals surface area (Å²) in [4.78, 5) is 15.8. The molecule has 0 saturated carbocycles. The summed E-state index contributed by atoms with van der Waals surface area (Å²) in [5, 5.41) is 15.9. The van der Waals surface area contributed by atoms with Crippen LogP contribution in [0.5, 0.6) is 5.75 Å². The van der Waals surface area contributed by atoms with Crippen molar-refractivity contribution >= 4 is 17.8 Å². The minimum atomic E-state index is -1.89. The Bertz CT molecular complexity index is 1220. The molecule has 0 fully saturated rings. The molecule has 0 saturated heterocycles. The van der Waals surface area contributed by atoms with Crippen molar-refractivity contribution in [2.75, 3.05) is 18.6 Å². The van der Waals surface area contributed by atoms with Crippen LogP contribution in [0.15, 0.2) is 77.9 Å². The first-order valence-electron chi connectivity index (χ1n) is 12.9. The summed E-state index contributed by atoms with van der Waals surface area (Å²) in [6, 6.07) is 22.0. The number of anilines is 1. The number of hydrogen-bond acceptors (Lipinski definition) is 5. The fourth-order valence-electron chi connectivity index (χ4n) is 5.48. The monoisotopic (exact) mass is 499 g/mol. The fourth-order valence-corrected chi connectivity index (χ4v) is 5.48. The van der Waals surface area contributed by atoms with Crippen molar-refractivity contribution in [2.45, 2.75) is 57.6 Å². The normalized spacial score (nSPS) is 16.9. The summed E-state index contributed by atoms with van der Waals surface area (Å²) >= 11 is 0. The zero-order valence-electron chi connectivity index (χ0n) is 22.4. The molecule has 1 amide bonds. The molecule has 1 heterocycles. The van der Waals surface area contributed by atoms with Crippen LogP contribution < -0.4 is 15.1 Å². The highest BCUT2D eigenvalue weighted by Crippen LogP contribution is 2.45. The molecule has 0 radical (unpaired) electrons. The summed E-state index contributed by atoms with van der Waals surface area (Å²) < 4.78 is 5.72. The summed E-state index contributed by atoms with van der Waals surface area (Å²) in [5.74, 6) is 0.415. The molecule has 1 aliphatic rings. The van der Waals surface area contributed by atoms with Gasteiger partial charge in [0.25, 0.3) is 5.91 Å². The predicted octanol–water partition coefficient (Wildman–Crippen LogP) is 5.58. The number of amides is 1. The molecule has 4 rings (SSSR count).